The molecule has 2 aromatic heterocycles. The van der Waals surface area contributed by atoms with Crippen LogP contribution in [-0.2, 0) is 0 Å². The van der Waals surface area contributed by atoms with Gasteiger partial charge in [-0.2, -0.15) is 0 Å². The van der Waals surface area contributed by atoms with Gasteiger partial charge in [0.05, 0.1) is 11.8 Å². The lowest BCUT2D eigenvalue weighted by Gasteiger charge is -2.35. The van der Waals surface area contributed by atoms with Crippen LogP contribution in [0.3, 0.4) is 0 Å². The third kappa shape index (κ3) is 3.29. The number of piperazine rings is 1. The lowest BCUT2D eigenvalue weighted by Crippen LogP contribution is -2.47. The molecule has 2 fully saturated rings. The number of carbonyl (C=O) groups excluding carboxylic acids is 1. The van der Waals surface area contributed by atoms with Gasteiger partial charge in [-0.3, -0.25) is 9.78 Å². The standard InChI is InChI=1S/C17H20N6O/c24-17(21-14-2-3-14)13-1-4-15(20-11-13)22-7-9-23(10-8-22)16-12-18-5-6-19-16/h1,4-6,11-12,14H,2-3,7-10H2,(H,21,24). The van der Waals surface area contributed by atoms with Gasteiger partial charge in [-0.1, -0.05) is 0 Å². The van der Waals surface area contributed by atoms with Crippen LogP contribution < -0.4 is 15.1 Å². The molecule has 1 saturated carbocycles. The second-order valence-corrected chi connectivity index (χ2v) is 6.19. The fourth-order valence-corrected chi connectivity index (χ4v) is 2.82. The van der Waals surface area contributed by atoms with Gasteiger partial charge in [-0.05, 0) is 25.0 Å². The molecule has 0 bridgehead atoms. The molecule has 0 aromatic carbocycles. The van der Waals surface area contributed by atoms with Crippen LogP contribution in [0.15, 0.2) is 36.9 Å². The number of aromatic nitrogens is 3. The molecular weight excluding hydrogens is 304 g/mol. The van der Waals surface area contributed by atoms with Gasteiger partial charge in [-0.25, -0.2) is 9.97 Å². The second-order valence-electron chi connectivity index (χ2n) is 6.19. The highest BCUT2D eigenvalue weighted by Crippen LogP contribution is 2.20. The van der Waals surface area contributed by atoms with Gasteiger partial charge in [0.15, 0.2) is 0 Å². The zero-order valence-electron chi connectivity index (χ0n) is 13.4. The summed E-state index contributed by atoms with van der Waals surface area (Å²) in [7, 11) is 0. The van der Waals surface area contributed by atoms with Crippen molar-refractivity contribution in [2.24, 2.45) is 0 Å². The molecule has 1 aliphatic carbocycles. The summed E-state index contributed by atoms with van der Waals surface area (Å²) in [4.78, 5) is 29.4. The monoisotopic (exact) mass is 324 g/mol. The van der Waals surface area contributed by atoms with Crippen LogP contribution in [0.25, 0.3) is 0 Å². The van der Waals surface area contributed by atoms with Gasteiger partial charge in [0.25, 0.3) is 5.91 Å². The van der Waals surface area contributed by atoms with Crippen molar-refractivity contribution in [3.05, 3.63) is 42.5 Å². The van der Waals surface area contributed by atoms with E-state index >= 15 is 0 Å². The number of nitrogens with zero attached hydrogens (tertiary/aromatic N) is 5. The molecule has 7 heteroatoms. The molecule has 1 amide bonds. The predicted molar refractivity (Wildman–Crippen MR) is 91.2 cm³/mol. The molecule has 7 nitrogen and oxygen atoms in total. The summed E-state index contributed by atoms with van der Waals surface area (Å²) < 4.78 is 0. The van der Waals surface area contributed by atoms with Gasteiger partial charge in [0.2, 0.25) is 0 Å². The molecule has 0 unspecified atom stereocenters. The van der Waals surface area contributed by atoms with E-state index in [0.29, 0.717) is 11.6 Å². The zero-order chi connectivity index (χ0) is 16.4. The second kappa shape index (κ2) is 6.43. The van der Waals surface area contributed by atoms with Crippen molar-refractivity contribution in [1.29, 1.82) is 0 Å². The van der Waals surface area contributed by atoms with E-state index in [1.165, 1.54) is 0 Å². The van der Waals surface area contributed by atoms with Gasteiger partial charge >= 0.3 is 0 Å². The highest BCUT2D eigenvalue weighted by Gasteiger charge is 2.24. The zero-order valence-corrected chi connectivity index (χ0v) is 13.4. The first-order valence-electron chi connectivity index (χ1n) is 8.32. The van der Waals surface area contributed by atoms with Crippen molar-refractivity contribution in [1.82, 2.24) is 20.3 Å². The largest absolute Gasteiger partial charge is 0.353 e. The van der Waals surface area contributed by atoms with Crippen LogP contribution in [0.1, 0.15) is 23.2 Å². The molecule has 1 saturated heterocycles. The molecule has 0 spiro atoms. The molecule has 2 aromatic rings. The minimum Gasteiger partial charge on any atom is -0.353 e. The Morgan fingerprint density at radius 3 is 2.29 bits per heavy atom. The van der Waals surface area contributed by atoms with Crippen molar-refractivity contribution >= 4 is 17.5 Å². The van der Waals surface area contributed by atoms with E-state index in [9.17, 15) is 4.79 Å². The van der Waals surface area contributed by atoms with Crippen molar-refractivity contribution < 1.29 is 4.79 Å². The fourth-order valence-electron chi connectivity index (χ4n) is 2.82. The van der Waals surface area contributed by atoms with Gasteiger partial charge in [0, 0.05) is 50.8 Å². The molecule has 2 aliphatic rings. The van der Waals surface area contributed by atoms with Crippen LogP contribution in [0.4, 0.5) is 11.6 Å². The molecule has 1 N–H and O–H groups in total. The summed E-state index contributed by atoms with van der Waals surface area (Å²) in [6.45, 7) is 3.50. The molecule has 124 valence electrons. The normalized spacial score (nSPS) is 17.7. The summed E-state index contributed by atoms with van der Waals surface area (Å²) in [5, 5.41) is 2.98. The number of pyridine rings is 1. The van der Waals surface area contributed by atoms with E-state index in [2.05, 4.69) is 30.1 Å². The first-order chi connectivity index (χ1) is 11.8. The van der Waals surface area contributed by atoms with Crippen LogP contribution >= 0.6 is 0 Å². The fraction of sp³-hybridized carbons (Fsp3) is 0.412. The maximum Gasteiger partial charge on any atom is 0.253 e. The average Bonchev–Trinajstić information content (AvgIpc) is 3.47. The summed E-state index contributed by atoms with van der Waals surface area (Å²) in [6, 6.07) is 4.15. The van der Waals surface area contributed by atoms with E-state index in [1.54, 1.807) is 24.8 Å². The Balaban J connectivity index is 1.36. The summed E-state index contributed by atoms with van der Waals surface area (Å²) in [5.41, 5.74) is 0.629. The molecular formula is C17H20N6O. The third-order valence-corrected chi connectivity index (χ3v) is 4.40. The van der Waals surface area contributed by atoms with E-state index in [4.69, 9.17) is 0 Å². The Hall–Kier alpha value is -2.70. The predicted octanol–water partition coefficient (Wildman–Crippen LogP) is 1.09. The first kappa shape index (κ1) is 14.9. The van der Waals surface area contributed by atoms with Gasteiger partial charge in [-0.15, -0.1) is 0 Å². The van der Waals surface area contributed by atoms with E-state index in [-0.39, 0.29) is 5.91 Å². The molecule has 1 aliphatic heterocycles. The van der Waals surface area contributed by atoms with Crippen molar-refractivity contribution in [2.45, 2.75) is 18.9 Å². The summed E-state index contributed by atoms with van der Waals surface area (Å²) >= 11 is 0. The van der Waals surface area contributed by atoms with Crippen LogP contribution in [0.5, 0.6) is 0 Å². The Bertz CT molecular complexity index is 693. The minimum absolute atomic E-state index is 0.0241. The quantitative estimate of drug-likeness (QED) is 0.907. The topological polar surface area (TPSA) is 74.2 Å². The Labute approximate surface area is 140 Å². The molecule has 0 atom stereocenters. The van der Waals surface area contributed by atoms with Gasteiger partial charge in [0.1, 0.15) is 11.6 Å². The van der Waals surface area contributed by atoms with Crippen LogP contribution in [0, 0.1) is 0 Å². The smallest absolute Gasteiger partial charge is 0.253 e. The highest BCUT2D eigenvalue weighted by molar-refractivity contribution is 5.94. The maximum atomic E-state index is 12.0. The van der Waals surface area contributed by atoms with Crippen LogP contribution in [-0.4, -0.2) is 53.1 Å². The molecule has 3 heterocycles. The summed E-state index contributed by atoms with van der Waals surface area (Å²) in [6.07, 6.45) is 9.04. The number of amides is 1. The number of hydrogen-bond donors (Lipinski definition) is 1. The Kier molecular flexibility index (Phi) is 3.98. The lowest BCUT2D eigenvalue weighted by atomic mass is 10.2. The van der Waals surface area contributed by atoms with Gasteiger partial charge < -0.3 is 15.1 Å². The number of nitrogens with one attached hydrogen (secondary N) is 1. The molecule has 4 rings (SSSR count). The van der Waals surface area contributed by atoms with Crippen molar-refractivity contribution in [3.8, 4) is 0 Å². The average molecular weight is 324 g/mol. The van der Waals surface area contributed by atoms with Crippen molar-refractivity contribution in [2.75, 3.05) is 36.0 Å². The SMILES string of the molecule is O=C(NC1CC1)c1ccc(N2CCN(c3cnccn3)CC2)nc1. The first-order valence-corrected chi connectivity index (χ1v) is 8.32. The minimum atomic E-state index is -0.0241. The number of anilines is 2. The summed E-state index contributed by atoms with van der Waals surface area (Å²) in [5.74, 6) is 1.80. The third-order valence-electron chi connectivity index (χ3n) is 4.40. The van der Waals surface area contributed by atoms with E-state index in [0.717, 1.165) is 50.7 Å². The molecule has 24 heavy (non-hydrogen) atoms. The van der Waals surface area contributed by atoms with E-state index < -0.39 is 0 Å². The lowest BCUT2D eigenvalue weighted by molar-refractivity contribution is 0.0950. The van der Waals surface area contributed by atoms with Crippen LogP contribution in [0.2, 0.25) is 0 Å². The Morgan fingerprint density at radius 2 is 1.71 bits per heavy atom. The maximum absolute atomic E-state index is 12.0. The molecule has 0 radical (unpaired) electrons. The number of hydrogen-bond acceptors (Lipinski definition) is 6. The Morgan fingerprint density at radius 1 is 0.958 bits per heavy atom. The number of rotatable bonds is 4. The highest BCUT2D eigenvalue weighted by atomic mass is 16.1. The number of carbonyl (C=O) groups is 1. The van der Waals surface area contributed by atoms with Crippen molar-refractivity contribution in [3.63, 3.8) is 0 Å². The van der Waals surface area contributed by atoms with E-state index in [1.807, 2.05) is 12.1 Å².